The van der Waals surface area contributed by atoms with Gasteiger partial charge in [0.1, 0.15) is 13.2 Å². The van der Waals surface area contributed by atoms with Crippen LogP contribution in [0.2, 0.25) is 0 Å². The van der Waals surface area contributed by atoms with E-state index in [4.69, 9.17) is 14.2 Å². The number of hydrogen-bond donors (Lipinski definition) is 0. The molecule has 6 nitrogen and oxygen atoms in total. The van der Waals surface area contributed by atoms with E-state index in [1.54, 1.807) is 0 Å². The molecule has 0 N–H and O–H groups in total. The van der Waals surface area contributed by atoms with Gasteiger partial charge in [-0.15, -0.1) is 0 Å². The first-order valence-corrected chi connectivity index (χ1v) is 33.9. The smallest absolute Gasteiger partial charge is 0.306 e. The summed E-state index contributed by atoms with van der Waals surface area (Å²) in [6.07, 6.45) is 71.1. The third-order valence-electron chi connectivity index (χ3n) is 15.8. The van der Waals surface area contributed by atoms with Crippen molar-refractivity contribution in [2.45, 2.75) is 400 Å². The predicted molar refractivity (Wildman–Crippen MR) is 321 cm³/mol. The Hall–Kier alpha value is -1.59. The van der Waals surface area contributed by atoms with Gasteiger partial charge in [-0.05, 0) is 25.2 Å². The van der Waals surface area contributed by atoms with Crippen LogP contribution in [0.1, 0.15) is 394 Å². The van der Waals surface area contributed by atoms with E-state index < -0.39 is 6.10 Å². The monoisotopic (exact) mass is 1050 g/mol. The Morgan fingerprint density at radius 3 is 0.662 bits per heavy atom. The van der Waals surface area contributed by atoms with E-state index in [1.807, 2.05) is 0 Å². The maximum Gasteiger partial charge on any atom is 0.306 e. The van der Waals surface area contributed by atoms with Crippen LogP contribution in [0.3, 0.4) is 0 Å². The zero-order valence-electron chi connectivity index (χ0n) is 50.8. The summed E-state index contributed by atoms with van der Waals surface area (Å²) in [6, 6.07) is 0. The van der Waals surface area contributed by atoms with Gasteiger partial charge in [0, 0.05) is 19.3 Å². The minimum atomic E-state index is -0.763. The first kappa shape index (κ1) is 72.4. The van der Waals surface area contributed by atoms with Crippen LogP contribution in [0.4, 0.5) is 0 Å². The van der Waals surface area contributed by atoms with E-state index in [2.05, 4.69) is 27.7 Å². The Kier molecular flexibility index (Phi) is 60.9. The molecule has 6 heteroatoms. The Morgan fingerprint density at radius 2 is 0.446 bits per heavy atom. The largest absolute Gasteiger partial charge is 0.462 e. The SMILES string of the molecule is CCCCCCCCCCCCCCCCCCCCC(=O)OC[C@H](COC(=O)CCCCCCCCCCCCCCCCCCC)OC(=O)CCCCCCCCCCCCCCCCCCCCC(C)C. The van der Waals surface area contributed by atoms with Gasteiger partial charge in [-0.25, -0.2) is 0 Å². The van der Waals surface area contributed by atoms with E-state index in [-0.39, 0.29) is 31.1 Å². The normalized spacial score (nSPS) is 12.0. The van der Waals surface area contributed by atoms with Crippen molar-refractivity contribution >= 4 is 17.9 Å². The summed E-state index contributed by atoms with van der Waals surface area (Å²) in [4.78, 5) is 38.4. The fourth-order valence-corrected chi connectivity index (χ4v) is 10.7. The van der Waals surface area contributed by atoms with E-state index in [0.717, 1.165) is 63.7 Å². The molecule has 0 spiro atoms. The topological polar surface area (TPSA) is 78.9 Å². The van der Waals surface area contributed by atoms with Crippen molar-refractivity contribution < 1.29 is 28.6 Å². The molecule has 0 amide bonds. The van der Waals surface area contributed by atoms with Crippen LogP contribution < -0.4 is 0 Å². The van der Waals surface area contributed by atoms with E-state index >= 15 is 0 Å². The molecule has 0 saturated heterocycles. The van der Waals surface area contributed by atoms with Crippen LogP contribution in [0.25, 0.3) is 0 Å². The zero-order chi connectivity index (χ0) is 53.7. The summed E-state index contributed by atoms with van der Waals surface area (Å²) in [5, 5.41) is 0. The van der Waals surface area contributed by atoms with Gasteiger partial charge >= 0.3 is 17.9 Å². The molecule has 1 atom stereocenters. The van der Waals surface area contributed by atoms with Gasteiger partial charge in [0.2, 0.25) is 0 Å². The lowest BCUT2D eigenvalue weighted by molar-refractivity contribution is -0.167. The summed E-state index contributed by atoms with van der Waals surface area (Å²) < 4.78 is 17.0. The summed E-state index contributed by atoms with van der Waals surface area (Å²) in [5.41, 5.74) is 0. The maximum atomic E-state index is 12.9. The average molecular weight is 1050 g/mol. The molecule has 0 aliphatic rings. The molecule has 0 fully saturated rings. The quantitative estimate of drug-likeness (QED) is 0.0343. The summed E-state index contributed by atoms with van der Waals surface area (Å²) >= 11 is 0. The van der Waals surface area contributed by atoms with Crippen LogP contribution in [-0.2, 0) is 28.6 Å². The van der Waals surface area contributed by atoms with Crippen LogP contribution in [0.15, 0.2) is 0 Å². The standard InChI is InChI=1S/C68H132O6/c1-5-7-9-11-13-15-17-19-21-23-28-32-36-40-44-48-52-56-60-67(70)73-63-65(62-72-66(69)59-55-51-47-43-39-35-31-26-22-20-18-16-14-12-10-8-6-2)74-68(71)61-57-53-49-45-41-37-33-29-25-24-27-30-34-38-42-46-50-54-58-64(3)4/h64-65H,5-63H2,1-4H3/t65-/m0/s1. The summed E-state index contributed by atoms with van der Waals surface area (Å²) in [5.74, 6) is 0.0358. The molecule has 0 aromatic rings. The first-order valence-electron chi connectivity index (χ1n) is 33.9. The zero-order valence-corrected chi connectivity index (χ0v) is 50.8. The van der Waals surface area contributed by atoms with E-state index in [1.165, 1.54) is 289 Å². The molecule has 0 saturated carbocycles. The second-order valence-electron chi connectivity index (χ2n) is 23.9. The summed E-state index contributed by atoms with van der Waals surface area (Å²) in [7, 11) is 0. The second-order valence-corrected chi connectivity index (χ2v) is 23.9. The van der Waals surface area contributed by atoms with Gasteiger partial charge in [-0.1, -0.05) is 355 Å². The minimum Gasteiger partial charge on any atom is -0.462 e. The van der Waals surface area contributed by atoms with Crippen molar-refractivity contribution in [3.8, 4) is 0 Å². The van der Waals surface area contributed by atoms with Gasteiger partial charge < -0.3 is 14.2 Å². The molecule has 0 aliphatic carbocycles. The lowest BCUT2D eigenvalue weighted by Crippen LogP contribution is -2.30. The molecule has 0 heterocycles. The molecule has 440 valence electrons. The van der Waals surface area contributed by atoms with Crippen molar-refractivity contribution in [2.24, 2.45) is 5.92 Å². The van der Waals surface area contributed by atoms with Crippen molar-refractivity contribution in [1.82, 2.24) is 0 Å². The van der Waals surface area contributed by atoms with Gasteiger partial charge in [0.05, 0.1) is 0 Å². The highest BCUT2D eigenvalue weighted by molar-refractivity contribution is 5.71. The van der Waals surface area contributed by atoms with E-state index in [0.29, 0.717) is 19.3 Å². The summed E-state index contributed by atoms with van der Waals surface area (Å²) in [6.45, 7) is 9.12. The van der Waals surface area contributed by atoms with Crippen molar-refractivity contribution in [2.75, 3.05) is 13.2 Å². The number of hydrogen-bond acceptors (Lipinski definition) is 6. The Bertz CT molecular complexity index is 1120. The van der Waals surface area contributed by atoms with E-state index in [9.17, 15) is 14.4 Å². The van der Waals surface area contributed by atoms with Crippen molar-refractivity contribution in [3.63, 3.8) is 0 Å². The molecule has 0 aromatic heterocycles. The number of carbonyl (C=O) groups excluding carboxylic acids is 3. The Labute approximate surface area is 463 Å². The van der Waals surface area contributed by atoms with Crippen LogP contribution >= 0.6 is 0 Å². The molecule has 0 unspecified atom stereocenters. The molecule has 0 radical (unpaired) electrons. The van der Waals surface area contributed by atoms with Gasteiger partial charge in [-0.3, -0.25) is 14.4 Å². The van der Waals surface area contributed by atoms with Crippen molar-refractivity contribution in [1.29, 1.82) is 0 Å². The van der Waals surface area contributed by atoms with Gasteiger partial charge in [0.25, 0.3) is 0 Å². The van der Waals surface area contributed by atoms with Crippen molar-refractivity contribution in [3.05, 3.63) is 0 Å². The third kappa shape index (κ3) is 61.3. The number of esters is 3. The molecule has 0 bridgehead atoms. The third-order valence-corrected chi connectivity index (χ3v) is 15.8. The minimum absolute atomic E-state index is 0.0607. The molecular formula is C68H132O6. The van der Waals surface area contributed by atoms with Crippen LogP contribution in [0, 0.1) is 5.92 Å². The van der Waals surface area contributed by atoms with Crippen LogP contribution in [0.5, 0.6) is 0 Å². The van der Waals surface area contributed by atoms with Crippen LogP contribution in [-0.4, -0.2) is 37.2 Å². The number of carbonyl (C=O) groups is 3. The Morgan fingerprint density at radius 1 is 0.257 bits per heavy atom. The predicted octanol–water partition coefficient (Wildman–Crippen LogP) is 22.9. The van der Waals surface area contributed by atoms with Gasteiger partial charge in [0.15, 0.2) is 6.10 Å². The first-order chi connectivity index (χ1) is 36.4. The highest BCUT2D eigenvalue weighted by atomic mass is 16.6. The Balaban J connectivity index is 4.27. The molecule has 0 aromatic carbocycles. The molecule has 0 rings (SSSR count). The number of unbranched alkanes of at least 4 members (excludes halogenated alkanes) is 50. The lowest BCUT2D eigenvalue weighted by atomic mass is 10.0. The highest BCUT2D eigenvalue weighted by Crippen LogP contribution is 2.19. The highest BCUT2D eigenvalue weighted by Gasteiger charge is 2.19. The average Bonchev–Trinajstić information content (AvgIpc) is 3.39. The second kappa shape index (κ2) is 62.3. The molecule has 0 aliphatic heterocycles. The maximum absolute atomic E-state index is 12.9. The lowest BCUT2D eigenvalue weighted by Gasteiger charge is -2.18. The number of rotatable bonds is 63. The fourth-order valence-electron chi connectivity index (χ4n) is 10.7. The molecular weight excluding hydrogens is 913 g/mol. The number of ether oxygens (including phenoxy) is 3. The van der Waals surface area contributed by atoms with Gasteiger partial charge in [-0.2, -0.15) is 0 Å². The fraction of sp³-hybridized carbons (Fsp3) is 0.956. The molecule has 74 heavy (non-hydrogen) atoms.